The summed E-state index contributed by atoms with van der Waals surface area (Å²) in [6, 6.07) is 2.20. The summed E-state index contributed by atoms with van der Waals surface area (Å²) in [7, 11) is 1.74. The number of hydrogen-bond acceptors (Lipinski definition) is 3. The van der Waals surface area contributed by atoms with Gasteiger partial charge in [-0.1, -0.05) is 11.6 Å². The second kappa shape index (κ2) is 5.23. The van der Waals surface area contributed by atoms with E-state index in [0.29, 0.717) is 12.0 Å². The first kappa shape index (κ1) is 12.9. The lowest BCUT2D eigenvalue weighted by molar-refractivity contribution is -0.385. The van der Waals surface area contributed by atoms with Gasteiger partial charge in [-0.25, -0.2) is 4.39 Å². The molecule has 1 N–H and O–H groups in total. The minimum absolute atomic E-state index is 0.0271. The van der Waals surface area contributed by atoms with E-state index in [4.69, 9.17) is 11.6 Å². The molecule has 0 aliphatic carbocycles. The van der Waals surface area contributed by atoms with Crippen LogP contribution in [0.1, 0.15) is 12.5 Å². The second-order valence-corrected chi connectivity index (χ2v) is 3.95. The molecule has 16 heavy (non-hydrogen) atoms. The first-order valence-electron chi connectivity index (χ1n) is 4.75. The van der Waals surface area contributed by atoms with Crippen LogP contribution in [0.15, 0.2) is 12.1 Å². The van der Waals surface area contributed by atoms with Crippen LogP contribution in [-0.4, -0.2) is 18.0 Å². The summed E-state index contributed by atoms with van der Waals surface area (Å²) in [4.78, 5) is 10.2. The highest BCUT2D eigenvalue weighted by atomic mass is 35.5. The Morgan fingerprint density at radius 2 is 2.25 bits per heavy atom. The molecule has 1 rings (SSSR count). The van der Waals surface area contributed by atoms with Crippen LogP contribution >= 0.6 is 11.6 Å². The zero-order valence-electron chi connectivity index (χ0n) is 8.96. The Morgan fingerprint density at radius 1 is 1.62 bits per heavy atom. The summed E-state index contributed by atoms with van der Waals surface area (Å²) >= 11 is 5.51. The predicted octanol–water partition coefficient (Wildman–Crippen LogP) is 2.54. The topological polar surface area (TPSA) is 55.2 Å². The van der Waals surface area contributed by atoms with Crippen molar-refractivity contribution in [2.75, 3.05) is 7.05 Å². The average molecular weight is 247 g/mol. The number of rotatable bonds is 4. The molecule has 6 heteroatoms. The molecule has 0 aromatic heterocycles. The van der Waals surface area contributed by atoms with E-state index in [-0.39, 0.29) is 16.8 Å². The highest BCUT2D eigenvalue weighted by Crippen LogP contribution is 2.27. The standard InChI is InChI=1S/C10H12ClFN2O2/c1-6(13-2)3-7-4-9(12)8(11)5-10(7)14(15)16/h4-6,13H,3H2,1-2H3. The molecule has 0 radical (unpaired) electrons. The van der Waals surface area contributed by atoms with E-state index in [1.807, 2.05) is 6.92 Å². The molecule has 0 spiro atoms. The van der Waals surface area contributed by atoms with Crippen molar-refractivity contribution in [2.24, 2.45) is 0 Å². The molecule has 0 heterocycles. The molecular formula is C10H12ClFN2O2. The number of nitrogens with zero attached hydrogens (tertiary/aromatic N) is 1. The van der Waals surface area contributed by atoms with E-state index in [0.717, 1.165) is 12.1 Å². The summed E-state index contributed by atoms with van der Waals surface area (Å²) in [6.45, 7) is 1.86. The molecule has 4 nitrogen and oxygen atoms in total. The Bertz CT molecular complexity index is 412. The number of nitro groups is 1. The lowest BCUT2D eigenvalue weighted by Gasteiger charge is -2.10. The van der Waals surface area contributed by atoms with Gasteiger partial charge >= 0.3 is 0 Å². The number of halogens is 2. The molecule has 0 saturated carbocycles. The van der Waals surface area contributed by atoms with Crippen LogP contribution in [0.2, 0.25) is 5.02 Å². The van der Waals surface area contributed by atoms with E-state index >= 15 is 0 Å². The summed E-state index contributed by atoms with van der Waals surface area (Å²) in [6.07, 6.45) is 0.376. The first-order chi connectivity index (χ1) is 7.45. The van der Waals surface area contributed by atoms with Gasteiger partial charge in [0.1, 0.15) is 5.82 Å². The van der Waals surface area contributed by atoms with Crippen molar-refractivity contribution in [1.29, 1.82) is 0 Å². The third-order valence-corrected chi connectivity index (χ3v) is 2.63. The largest absolute Gasteiger partial charge is 0.317 e. The second-order valence-electron chi connectivity index (χ2n) is 3.55. The molecule has 1 aromatic rings. The Morgan fingerprint density at radius 3 is 2.75 bits per heavy atom. The minimum Gasteiger partial charge on any atom is -0.317 e. The third kappa shape index (κ3) is 2.90. The molecule has 0 bridgehead atoms. The van der Waals surface area contributed by atoms with Crippen molar-refractivity contribution in [3.63, 3.8) is 0 Å². The van der Waals surface area contributed by atoms with Crippen LogP contribution in [0.5, 0.6) is 0 Å². The van der Waals surface area contributed by atoms with Crippen molar-refractivity contribution < 1.29 is 9.31 Å². The van der Waals surface area contributed by atoms with Gasteiger partial charge < -0.3 is 5.32 Å². The maximum Gasteiger partial charge on any atom is 0.274 e. The fraction of sp³-hybridized carbons (Fsp3) is 0.400. The molecule has 88 valence electrons. The zero-order valence-corrected chi connectivity index (χ0v) is 9.71. The van der Waals surface area contributed by atoms with E-state index in [1.165, 1.54) is 0 Å². The van der Waals surface area contributed by atoms with Crippen LogP contribution in [0.3, 0.4) is 0 Å². The zero-order chi connectivity index (χ0) is 12.3. The van der Waals surface area contributed by atoms with Gasteiger partial charge in [-0.3, -0.25) is 10.1 Å². The van der Waals surface area contributed by atoms with Crippen LogP contribution < -0.4 is 5.32 Å². The molecule has 0 saturated heterocycles. The maximum atomic E-state index is 13.2. The van der Waals surface area contributed by atoms with Crippen LogP contribution in [-0.2, 0) is 6.42 Å². The number of nitrogens with one attached hydrogen (secondary N) is 1. The van der Waals surface area contributed by atoms with Crippen LogP contribution in [0, 0.1) is 15.9 Å². The number of benzene rings is 1. The third-order valence-electron chi connectivity index (χ3n) is 2.34. The fourth-order valence-electron chi connectivity index (χ4n) is 1.34. The smallest absolute Gasteiger partial charge is 0.274 e. The molecule has 1 unspecified atom stereocenters. The SMILES string of the molecule is CNC(C)Cc1cc(F)c(Cl)cc1[N+](=O)[O-]. The number of hydrogen-bond donors (Lipinski definition) is 1. The van der Waals surface area contributed by atoms with Gasteiger partial charge in [-0.2, -0.15) is 0 Å². The van der Waals surface area contributed by atoms with Crippen molar-refractivity contribution in [2.45, 2.75) is 19.4 Å². The predicted molar refractivity (Wildman–Crippen MR) is 60.3 cm³/mol. The minimum atomic E-state index is -0.634. The van der Waals surface area contributed by atoms with E-state index in [9.17, 15) is 14.5 Å². The Kier molecular flexibility index (Phi) is 4.20. The summed E-state index contributed by atoms with van der Waals surface area (Å²) < 4.78 is 13.2. The molecule has 1 atom stereocenters. The van der Waals surface area contributed by atoms with Gasteiger partial charge in [0.05, 0.1) is 9.95 Å². The number of likely N-dealkylation sites (N-methyl/N-ethyl adjacent to an activating group) is 1. The molecule has 0 fully saturated rings. The molecule has 1 aromatic carbocycles. The Labute approximate surface area is 97.6 Å². The van der Waals surface area contributed by atoms with Crippen molar-refractivity contribution >= 4 is 17.3 Å². The maximum absolute atomic E-state index is 13.2. The lowest BCUT2D eigenvalue weighted by Crippen LogP contribution is -2.24. The summed E-state index contributed by atoms with van der Waals surface area (Å²) in [5.41, 5.74) is 0.197. The molecule has 0 aliphatic heterocycles. The van der Waals surface area contributed by atoms with Crippen LogP contribution in [0.25, 0.3) is 0 Å². The van der Waals surface area contributed by atoms with E-state index < -0.39 is 10.7 Å². The van der Waals surface area contributed by atoms with E-state index in [2.05, 4.69) is 5.32 Å². The average Bonchev–Trinajstić information content (AvgIpc) is 2.22. The van der Waals surface area contributed by atoms with Gasteiger partial charge in [0.15, 0.2) is 0 Å². The Balaban J connectivity index is 3.14. The van der Waals surface area contributed by atoms with Crippen molar-refractivity contribution in [1.82, 2.24) is 5.32 Å². The number of nitro benzene ring substituents is 1. The summed E-state index contributed by atoms with van der Waals surface area (Å²) in [5.74, 6) is -0.634. The van der Waals surface area contributed by atoms with E-state index in [1.54, 1.807) is 7.05 Å². The van der Waals surface area contributed by atoms with Crippen molar-refractivity contribution in [3.05, 3.63) is 38.7 Å². The first-order valence-corrected chi connectivity index (χ1v) is 5.13. The highest BCUT2D eigenvalue weighted by molar-refractivity contribution is 6.31. The lowest BCUT2D eigenvalue weighted by atomic mass is 10.1. The highest BCUT2D eigenvalue weighted by Gasteiger charge is 2.18. The van der Waals surface area contributed by atoms with Gasteiger partial charge in [-0.15, -0.1) is 0 Å². The fourth-order valence-corrected chi connectivity index (χ4v) is 1.50. The van der Waals surface area contributed by atoms with Crippen molar-refractivity contribution in [3.8, 4) is 0 Å². The van der Waals surface area contributed by atoms with Crippen LogP contribution in [0.4, 0.5) is 10.1 Å². The van der Waals surface area contributed by atoms with Gasteiger partial charge in [-0.05, 0) is 26.5 Å². The van der Waals surface area contributed by atoms with Gasteiger partial charge in [0, 0.05) is 17.7 Å². The molecule has 0 aliphatic rings. The Hall–Kier alpha value is -1.20. The van der Waals surface area contributed by atoms with Gasteiger partial charge in [0.2, 0.25) is 0 Å². The van der Waals surface area contributed by atoms with Gasteiger partial charge in [0.25, 0.3) is 5.69 Å². The molecular weight excluding hydrogens is 235 g/mol. The normalized spacial score (nSPS) is 12.5. The monoisotopic (exact) mass is 246 g/mol. The quantitative estimate of drug-likeness (QED) is 0.656. The molecule has 0 amide bonds. The summed E-state index contributed by atoms with van der Waals surface area (Å²) in [5, 5.41) is 13.5.